The second-order valence-electron chi connectivity index (χ2n) is 7.78. The predicted molar refractivity (Wildman–Crippen MR) is 120 cm³/mol. The lowest BCUT2D eigenvalue weighted by Gasteiger charge is -2.32. The van der Waals surface area contributed by atoms with Crippen molar-refractivity contribution in [2.45, 2.75) is 32.4 Å². The number of pyridine rings is 2. The molecule has 0 bridgehead atoms. The fourth-order valence-electron chi connectivity index (χ4n) is 3.80. The number of hydrogen-bond donors (Lipinski definition) is 2. The van der Waals surface area contributed by atoms with E-state index >= 15 is 0 Å². The summed E-state index contributed by atoms with van der Waals surface area (Å²) in [7, 11) is 0. The van der Waals surface area contributed by atoms with E-state index in [1.54, 1.807) is 18.5 Å². The van der Waals surface area contributed by atoms with Crippen molar-refractivity contribution in [1.82, 2.24) is 14.9 Å². The molecule has 0 aliphatic carbocycles. The predicted octanol–water partition coefficient (Wildman–Crippen LogP) is 4.11. The molecule has 6 heteroatoms. The third-order valence-electron chi connectivity index (χ3n) is 5.39. The van der Waals surface area contributed by atoms with Crippen molar-refractivity contribution in [3.05, 3.63) is 83.8 Å². The number of aryl methyl sites for hydroxylation is 1. The van der Waals surface area contributed by atoms with E-state index in [1.807, 2.05) is 49.5 Å². The number of benzene rings is 1. The fraction of sp³-hybridized carbons (Fsp3) is 0.292. The maximum absolute atomic E-state index is 12.8. The van der Waals surface area contributed by atoms with Gasteiger partial charge in [-0.1, -0.05) is 18.2 Å². The Labute approximate surface area is 177 Å². The minimum Gasteiger partial charge on any atom is -0.367 e. The van der Waals surface area contributed by atoms with Crippen LogP contribution in [0.15, 0.2) is 67.1 Å². The zero-order valence-electron chi connectivity index (χ0n) is 17.2. The molecular formula is C24H27N5O. The SMILES string of the molecule is Cc1cccc(NC(=O)c2cccnc2NC2CCN(Cc3cccnc3)CC2)c1. The highest BCUT2D eigenvalue weighted by Crippen LogP contribution is 2.21. The van der Waals surface area contributed by atoms with Gasteiger partial charge < -0.3 is 10.6 Å². The number of aromatic nitrogens is 2. The molecule has 4 rings (SSSR count). The van der Waals surface area contributed by atoms with Gasteiger partial charge in [-0.05, 0) is 61.2 Å². The second-order valence-corrected chi connectivity index (χ2v) is 7.78. The minimum absolute atomic E-state index is 0.148. The molecule has 1 amide bonds. The van der Waals surface area contributed by atoms with Gasteiger partial charge in [0.1, 0.15) is 5.82 Å². The normalized spacial score (nSPS) is 15.0. The minimum atomic E-state index is -0.148. The highest BCUT2D eigenvalue weighted by molar-refractivity contribution is 6.07. The van der Waals surface area contributed by atoms with Gasteiger partial charge in [-0.25, -0.2) is 4.98 Å². The molecule has 0 radical (unpaired) electrons. The van der Waals surface area contributed by atoms with Crippen molar-refractivity contribution in [3.63, 3.8) is 0 Å². The Balaban J connectivity index is 1.36. The van der Waals surface area contributed by atoms with Gasteiger partial charge in [0.15, 0.2) is 0 Å². The van der Waals surface area contributed by atoms with Crippen LogP contribution < -0.4 is 10.6 Å². The zero-order valence-corrected chi connectivity index (χ0v) is 17.2. The van der Waals surface area contributed by atoms with Crippen molar-refractivity contribution in [2.24, 2.45) is 0 Å². The fourth-order valence-corrected chi connectivity index (χ4v) is 3.80. The molecule has 1 aliphatic heterocycles. The number of nitrogens with one attached hydrogen (secondary N) is 2. The molecule has 1 saturated heterocycles. The zero-order chi connectivity index (χ0) is 20.8. The molecule has 1 aromatic carbocycles. The Morgan fingerprint density at radius 3 is 2.70 bits per heavy atom. The standard InChI is InChI=1S/C24H27N5O/c1-18-5-2-7-21(15-18)28-24(30)22-8-4-12-26-23(22)27-20-9-13-29(14-10-20)17-19-6-3-11-25-16-19/h2-8,11-12,15-16,20H,9-10,13-14,17H2,1H3,(H,26,27)(H,28,30). The number of nitrogens with zero attached hydrogens (tertiary/aromatic N) is 3. The summed E-state index contributed by atoms with van der Waals surface area (Å²) in [5, 5.41) is 6.48. The number of carbonyl (C=O) groups excluding carboxylic acids is 1. The van der Waals surface area contributed by atoms with E-state index < -0.39 is 0 Å². The van der Waals surface area contributed by atoms with Crippen LogP contribution in [0.2, 0.25) is 0 Å². The van der Waals surface area contributed by atoms with Crippen LogP contribution in [0, 0.1) is 6.92 Å². The molecule has 0 unspecified atom stereocenters. The van der Waals surface area contributed by atoms with Crippen LogP contribution in [-0.4, -0.2) is 39.9 Å². The smallest absolute Gasteiger partial charge is 0.259 e. The van der Waals surface area contributed by atoms with Gasteiger partial charge >= 0.3 is 0 Å². The first-order valence-corrected chi connectivity index (χ1v) is 10.4. The molecule has 3 heterocycles. The van der Waals surface area contributed by atoms with Crippen LogP contribution >= 0.6 is 0 Å². The molecule has 3 aromatic rings. The molecule has 154 valence electrons. The Hall–Kier alpha value is -3.25. The lowest BCUT2D eigenvalue weighted by Crippen LogP contribution is -2.39. The second kappa shape index (κ2) is 9.50. The first kappa shape index (κ1) is 20.0. The Kier molecular flexibility index (Phi) is 6.35. The molecule has 0 atom stereocenters. The maximum Gasteiger partial charge on any atom is 0.259 e. The molecule has 1 fully saturated rings. The van der Waals surface area contributed by atoms with Gasteiger partial charge in [0.05, 0.1) is 5.56 Å². The summed E-state index contributed by atoms with van der Waals surface area (Å²) in [5.74, 6) is 0.499. The summed E-state index contributed by atoms with van der Waals surface area (Å²) in [6.45, 7) is 4.94. The lowest BCUT2D eigenvalue weighted by atomic mass is 10.0. The van der Waals surface area contributed by atoms with Gasteiger partial charge in [-0.2, -0.15) is 0 Å². The van der Waals surface area contributed by atoms with Gasteiger partial charge in [0, 0.05) is 50.0 Å². The molecule has 2 N–H and O–H groups in total. The van der Waals surface area contributed by atoms with Crippen molar-refractivity contribution < 1.29 is 4.79 Å². The van der Waals surface area contributed by atoms with Crippen LogP contribution in [0.25, 0.3) is 0 Å². The first-order chi connectivity index (χ1) is 14.7. The van der Waals surface area contributed by atoms with E-state index in [0.717, 1.165) is 43.7 Å². The topological polar surface area (TPSA) is 70.2 Å². The Bertz CT molecular complexity index is 984. The molecule has 2 aromatic heterocycles. The van der Waals surface area contributed by atoms with E-state index in [-0.39, 0.29) is 5.91 Å². The molecular weight excluding hydrogens is 374 g/mol. The lowest BCUT2D eigenvalue weighted by molar-refractivity contribution is 0.102. The Morgan fingerprint density at radius 1 is 1.10 bits per heavy atom. The number of likely N-dealkylation sites (tertiary alicyclic amines) is 1. The number of piperidine rings is 1. The number of rotatable bonds is 6. The van der Waals surface area contributed by atoms with Gasteiger partial charge in [0.25, 0.3) is 5.91 Å². The largest absolute Gasteiger partial charge is 0.367 e. The molecule has 0 saturated carbocycles. The average molecular weight is 402 g/mol. The van der Waals surface area contributed by atoms with Crippen LogP contribution in [-0.2, 0) is 6.54 Å². The van der Waals surface area contributed by atoms with Gasteiger partial charge in [-0.3, -0.25) is 14.7 Å². The highest BCUT2D eigenvalue weighted by Gasteiger charge is 2.21. The average Bonchev–Trinajstić information content (AvgIpc) is 2.76. The van der Waals surface area contributed by atoms with Crippen molar-refractivity contribution in [3.8, 4) is 0 Å². The third-order valence-corrected chi connectivity index (χ3v) is 5.39. The number of carbonyl (C=O) groups is 1. The van der Waals surface area contributed by atoms with Crippen LogP contribution in [0.3, 0.4) is 0 Å². The van der Waals surface area contributed by atoms with Crippen molar-refractivity contribution >= 4 is 17.4 Å². The van der Waals surface area contributed by atoms with Crippen molar-refractivity contribution in [2.75, 3.05) is 23.7 Å². The van der Waals surface area contributed by atoms with E-state index in [1.165, 1.54) is 5.56 Å². The summed E-state index contributed by atoms with van der Waals surface area (Å²) < 4.78 is 0. The highest BCUT2D eigenvalue weighted by atomic mass is 16.1. The number of anilines is 2. The molecule has 6 nitrogen and oxygen atoms in total. The van der Waals surface area contributed by atoms with Crippen LogP contribution in [0.1, 0.15) is 34.3 Å². The maximum atomic E-state index is 12.8. The van der Waals surface area contributed by atoms with Gasteiger partial charge in [0.2, 0.25) is 0 Å². The van der Waals surface area contributed by atoms with E-state index in [0.29, 0.717) is 17.4 Å². The van der Waals surface area contributed by atoms with Crippen LogP contribution in [0.5, 0.6) is 0 Å². The number of hydrogen-bond acceptors (Lipinski definition) is 5. The van der Waals surface area contributed by atoms with E-state index in [2.05, 4.69) is 31.6 Å². The summed E-state index contributed by atoms with van der Waals surface area (Å²) in [5.41, 5.74) is 3.70. The molecule has 0 spiro atoms. The summed E-state index contributed by atoms with van der Waals surface area (Å²) >= 11 is 0. The van der Waals surface area contributed by atoms with E-state index in [4.69, 9.17) is 0 Å². The van der Waals surface area contributed by atoms with Gasteiger partial charge in [-0.15, -0.1) is 0 Å². The van der Waals surface area contributed by atoms with Crippen molar-refractivity contribution in [1.29, 1.82) is 0 Å². The van der Waals surface area contributed by atoms with Crippen LogP contribution in [0.4, 0.5) is 11.5 Å². The quantitative estimate of drug-likeness (QED) is 0.650. The first-order valence-electron chi connectivity index (χ1n) is 10.4. The third kappa shape index (κ3) is 5.21. The molecule has 30 heavy (non-hydrogen) atoms. The number of amides is 1. The summed E-state index contributed by atoms with van der Waals surface area (Å²) in [6.07, 6.45) is 7.48. The summed E-state index contributed by atoms with van der Waals surface area (Å²) in [6, 6.07) is 15.8. The molecule has 1 aliphatic rings. The Morgan fingerprint density at radius 2 is 1.93 bits per heavy atom. The van der Waals surface area contributed by atoms with E-state index in [9.17, 15) is 4.79 Å². The monoisotopic (exact) mass is 401 g/mol. The summed E-state index contributed by atoms with van der Waals surface area (Å²) in [4.78, 5) is 23.9.